The van der Waals surface area contributed by atoms with E-state index in [0.29, 0.717) is 46.7 Å². The van der Waals surface area contributed by atoms with Gasteiger partial charge in [0.25, 0.3) is 0 Å². The number of allylic oxidation sites excluding steroid dienone is 3. The summed E-state index contributed by atoms with van der Waals surface area (Å²) in [6, 6.07) is 9.63. The van der Waals surface area contributed by atoms with E-state index in [9.17, 15) is 9.59 Å². The zero-order chi connectivity index (χ0) is 23.7. The van der Waals surface area contributed by atoms with Crippen LogP contribution in [0.25, 0.3) is 0 Å². The van der Waals surface area contributed by atoms with Gasteiger partial charge in [-0.3, -0.25) is 4.79 Å². The minimum atomic E-state index is -0.602. The molecular weight excluding hydrogens is 438 g/mol. The number of ketones is 1. The molecule has 33 heavy (non-hydrogen) atoms. The minimum absolute atomic E-state index is 0.0272. The lowest BCUT2D eigenvalue weighted by atomic mass is 9.72. The first-order chi connectivity index (χ1) is 15.8. The number of ether oxygens (including phenoxy) is 3. The van der Waals surface area contributed by atoms with E-state index in [-0.39, 0.29) is 17.8 Å². The van der Waals surface area contributed by atoms with Gasteiger partial charge in [0, 0.05) is 39.7 Å². The highest BCUT2D eigenvalue weighted by molar-refractivity contribution is 7.10. The molecule has 0 saturated carbocycles. The first-order valence-electron chi connectivity index (χ1n) is 11.0. The summed E-state index contributed by atoms with van der Waals surface area (Å²) in [4.78, 5) is 28.1. The summed E-state index contributed by atoms with van der Waals surface area (Å²) in [6.45, 7) is 5.49. The number of dihydropyridines is 1. The zero-order valence-corrected chi connectivity index (χ0v) is 20.4. The molecule has 0 spiro atoms. The van der Waals surface area contributed by atoms with E-state index >= 15 is 0 Å². The van der Waals surface area contributed by atoms with Crippen LogP contribution < -0.4 is 14.8 Å². The lowest BCUT2D eigenvalue weighted by molar-refractivity contribution is -0.143. The highest BCUT2D eigenvalue weighted by Gasteiger charge is 2.43. The van der Waals surface area contributed by atoms with Gasteiger partial charge in [0.1, 0.15) is 0 Å². The molecule has 1 aliphatic heterocycles. The molecule has 1 aliphatic carbocycles. The summed E-state index contributed by atoms with van der Waals surface area (Å²) < 4.78 is 16.8. The standard InChI is InChI=1S/C26H29NO5S/c1-14(2)32-26(29)22-15(3)27-18-12-16(21-10-7-11-33-21)13-19(28)24(18)23(22)17-8-6-9-20(30-4)25(17)31-5/h6-11,14,16,23,27H,12-13H2,1-5H3/t16-,23+/m1/s1. The van der Waals surface area contributed by atoms with Crippen molar-refractivity contribution in [1.29, 1.82) is 0 Å². The topological polar surface area (TPSA) is 73.9 Å². The molecule has 0 amide bonds. The molecule has 0 bridgehead atoms. The molecule has 0 radical (unpaired) electrons. The van der Waals surface area contributed by atoms with Gasteiger partial charge in [-0.1, -0.05) is 18.2 Å². The van der Waals surface area contributed by atoms with Crippen LogP contribution in [0.3, 0.4) is 0 Å². The Hall–Kier alpha value is -3.06. The minimum Gasteiger partial charge on any atom is -0.493 e. The van der Waals surface area contributed by atoms with E-state index in [2.05, 4.69) is 11.4 Å². The maximum atomic E-state index is 13.6. The molecule has 1 aromatic heterocycles. The Morgan fingerprint density at radius 3 is 2.55 bits per heavy atom. The molecule has 174 valence electrons. The Morgan fingerprint density at radius 1 is 1.12 bits per heavy atom. The molecule has 4 rings (SSSR count). The van der Waals surface area contributed by atoms with Gasteiger partial charge in [0.05, 0.1) is 31.8 Å². The highest BCUT2D eigenvalue weighted by atomic mass is 32.1. The molecule has 1 aromatic carbocycles. The summed E-state index contributed by atoms with van der Waals surface area (Å²) in [5.41, 5.74) is 3.29. The Kier molecular flexibility index (Phi) is 6.61. The maximum absolute atomic E-state index is 13.6. The number of Topliss-reactive ketones (excluding diaryl/α,β-unsaturated/α-hetero) is 1. The lowest BCUT2D eigenvalue weighted by Gasteiger charge is -2.37. The molecular formula is C26H29NO5S. The summed E-state index contributed by atoms with van der Waals surface area (Å²) in [6.07, 6.45) is 0.815. The second-order valence-electron chi connectivity index (χ2n) is 8.57. The van der Waals surface area contributed by atoms with Crippen molar-refractivity contribution < 1.29 is 23.8 Å². The number of benzene rings is 1. The first-order valence-corrected chi connectivity index (χ1v) is 11.9. The van der Waals surface area contributed by atoms with Crippen LogP contribution in [0.1, 0.15) is 55.9 Å². The van der Waals surface area contributed by atoms with Gasteiger partial charge in [-0.2, -0.15) is 0 Å². The van der Waals surface area contributed by atoms with Gasteiger partial charge in [0.15, 0.2) is 17.3 Å². The Morgan fingerprint density at radius 2 is 1.91 bits per heavy atom. The van der Waals surface area contributed by atoms with Crippen LogP contribution in [0.2, 0.25) is 0 Å². The van der Waals surface area contributed by atoms with Crippen molar-refractivity contribution in [1.82, 2.24) is 5.32 Å². The molecule has 2 aliphatic rings. The quantitative estimate of drug-likeness (QED) is 0.598. The van der Waals surface area contributed by atoms with Crippen molar-refractivity contribution in [3.05, 3.63) is 68.7 Å². The fourth-order valence-corrected chi connectivity index (χ4v) is 5.59. The van der Waals surface area contributed by atoms with E-state index in [4.69, 9.17) is 14.2 Å². The average Bonchev–Trinajstić information content (AvgIpc) is 3.31. The van der Waals surface area contributed by atoms with Crippen molar-refractivity contribution in [3.63, 3.8) is 0 Å². The first kappa shape index (κ1) is 23.1. The van der Waals surface area contributed by atoms with Crippen molar-refractivity contribution >= 4 is 23.1 Å². The zero-order valence-electron chi connectivity index (χ0n) is 19.6. The molecule has 0 fully saturated rings. The molecule has 2 heterocycles. The normalized spacial score (nSPS) is 20.5. The third kappa shape index (κ3) is 4.29. The largest absolute Gasteiger partial charge is 0.493 e. The molecule has 0 saturated heterocycles. The number of hydrogen-bond donors (Lipinski definition) is 1. The number of rotatable bonds is 6. The Labute approximate surface area is 198 Å². The number of para-hydroxylation sites is 1. The summed E-state index contributed by atoms with van der Waals surface area (Å²) in [5.74, 6) is 0.158. The van der Waals surface area contributed by atoms with Crippen molar-refractivity contribution in [2.45, 2.75) is 51.6 Å². The van der Waals surface area contributed by atoms with Crippen LogP contribution in [0.15, 0.2) is 58.3 Å². The van der Waals surface area contributed by atoms with Crippen molar-refractivity contribution in [2.24, 2.45) is 0 Å². The average molecular weight is 468 g/mol. The smallest absolute Gasteiger partial charge is 0.337 e. The summed E-state index contributed by atoms with van der Waals surface area (Å²) in [7, 11) is 3.14. The van der Waals surface area contributed by atoms with Crippen LogP contribution in [0.5, 0.6) is 11.5 Å². The third-order valence-corrected chi connectivity index (χ3v) is 7.12. The number of hydrogen-bond acceptors (Lipinski definition) is 7. The van der Waals surface area contributed by atoms with E-state index in [1.807, 2.05) is 44.4 Å². The number of carbonyl (C=O) groups excluding carboxylic acids is 2. The SMILES string of the molecule is COc1cccc([C@H]2C(C(=O)OC(C)C)=C(C)NC3=C2C(=O)C[C@H](c2cccs2)C3)c1OC. The molecule has 0 unspecified atom stereocenters. The third-order valence-electron chi connectivity index (χ3n) is 6.08. The van der Waals surface area contributed by atoms with Crippen molar-refractivity contribution in [3.8, 4) is 11.5 Å². The second kappa shape index (κ2) is 9.43. The van der Waals surface area contributed by atoms with Crippen LogP contribution in [0.4, 0.5) is 0 Å². The Balaban J connectivity index is 1.88. The number of thiophene rings is 1. The number of methoxy groups -OCH3 is 2. The summed E-state index contributed by atoms with van der Waals surface area (Å²) >= 11 is 1.67. The van der Waals surface area contributed by atoms with Crippen LogP contribution in [-0.4, -0.2) is 32.1 Å². The van der Waals surface area contributed by atoms with Gasteiger partial charge in [-0.25, -0.2) is 4.79 Å². The summed E-state index contributed by atoms with van der Waals surface area (Å²) in [5, 5.41) is 5.42. The molecule has 7 heteroatoms. The van der Waals surface area contributed by atoms with Crippen LogP contribution in [-0.2, 0) is 14.3 Å². The fourth-order valence-electron chi connectivity index (χ4n) is 4.76. The Bertz CT molecular complexity index is 1130. The van der Waals surface area contributed by atoms with Crippen LogP contribution in [0, 0.1) is 0 Å². The van der Waals surface area contributed by atoms with Gasteiger partial charge in [0.2, 0.25) is 0 Å². The second-order valence-corrected chi connectivity index (χ2v) is 9.55. The molecule has 6 nitrogen and oxygen atoms in total. The van der Waals surface area contributed by atoms with E-state index in [1.54, 1.807) is 31.6 Å². The molecule has 1 N–H and O–H groups in total. The van der Waals surface area contributed by atoms with Crippen LogP contribution >= 0.6 is 11.3 Å². The number of esters is 1. The van der Waals surface area contributed by atoms with Gasteiger partial charge < -0.3 is 19.5 Å². The van der Waals surface area contributed by atoms with Gasteiger partial charge in [-0.05, 0) is 44.7 Å². The van der Waals surface area contributed by atoms with Gasteiger partial charge in [-0.15, -0.1) is 11.3 Å². The maximum Gasteiger partial charge on any atom is 0.337 e. The number of carbonyl (C=O) groups is 2. The number of nitrogens with one attached hydrogen (secondary N) is 1. The lowest BCUT2D eigenvalue weighted by Crippen LogP contribution is -2.36. The van der Waals surface area contributed by atoms with E-state index in [0.717, 1.165) is 5.70 Å². The van der Waals surface area contributed by atoms with Crippen molar-refractivity contribution in [2.75, 3.05) is 14.2 Å². The predicted octanol–water partition coefficient (Wildman–Crippen LogP) is 5.08. The monoisotopic (exact) mass is 467 g/mol. The van der Waals surface area contributed by atoms with E-state index < -0.39 is 11.9 Å². The fraction of sp³-hybridized carbons (Fsp3) is 0.385. The molecule has 2 atom stereocenters. The van der Waals surface area contributed by atoms with Gasteiger partial charge >= 0.3 is 5.97 Å². The molecule has 2 aromatic rings. The predicted molar refractivity (Wildman–Crippen MR) is 128 cm³/mol. The highest BCUT2D eigenvalue weighted by Crippen LogP contribution is 2.49. The van der Waals surface area contributed by atoms with E-state index in [1.165, 1.54) is 4.88 Å².